The van der Waals surface area contributed by atoms with Gasteiger partial charge in [0.15, 0.2) is 17.8 Å². The van der Waals surface area contributed by atoms with Crippen molar-refractivity contribution in [3.05, 3.63) is 22.2 Å². The molecule has 19 heavy (non-hydrogen) atoms. The van der Waals surface area contributed by atoms with Crippen LogP contribution >= 0.6 is 11.6 Å². The molecule has 1 aromatic rings. The van der Waals surface area contributed by atoms with Gasteiger partial charge in [0.25, 0.3) is 0 Å². The number of aldehydes is 1. The third kappa shape index (κ3) is 2.11. The molecule has 1 fully saturated rings. The molecule has 0 unspecified atom stereocenters. The van der Waals surface area contributed by atoms with E-state index in [-0.39, 0.29) is 0 Å². The number of methoxy groups -OCH3 is 2. The molecule has 0 N–H and O–H groups in total. The highest BCUT2D eigenvalue weighted by Crippen LogP contribution is 2.57. The zero-order valence-electron chi connectivity index (χ0n) is 10.5. The van der Waals surface area contributed by atoms with Crippen molar-refractivity contribution in [2.75, 3.05) is 14.2 Å². The Hall–Kier alpha value is -1.84. The Kier molecular flexibility index (Phi) is 3.60. The van der Waals surface area contributed by atoms with Crippen LogP contribution in [-0.4, -0.2) is 26.6 Å². The lowest BCUT2D eigenvalue weighted by molar-refractivity contribution is 0.112. The van der Waals surface area contributed by atoms with Crippen molar-refractivity contribution in [3.63, 3.8) is 0 Å². The summed E-state index contributed by atoms with van der Waals surface area (Å²) in [6, 6.07) is 1.49. The summed E-state index contributed by atoms with van der Waals surface area (Å²) in [6.07, 6.45) is 3.57. The van der Waals surface area contributed by atoms with Crippen molar-refractivity contribution in [3.8, 4) is 11.5 Å². The van der Waals surface area contributed by atoms with Crippen LogP contribution in [0.4, 0.5) is 0 Å². The van der Waals surface area contributed by atoms with E-state index >= 15 is 0 Å². The molecule has 0 saturated heterocycles. The van der Waals surface area contributed by atoms with Crippen LogP contribution in [0.15, 0.2) is 11.1 Å². The lowest BCUT2D eigenvalue weighted by Gasteiger charge is -2.19. The van der Waals surface area contributed by atoms with E-state index in [4.69, 9.17) is 21.1 Å². The molecule has 100 valence electrons. The number of rotatable bonds is 5. The first kappa shape index (κ1) is 13.6. The molecule has 0 radical (unpaired) electrons. The molecule has 0 bridgehead atoms. The van der Waals surface area contributed by atoms with E-state index in [1.54, 1.807) is 6.08 Å². The standard InChI is InChI=1S/C13H12ClNO4/c1-18-11-8(6-16)5-9(14)10(12(11)19-2)13(3-4-13)15-7-17/h5-6H,3-4H2,1-2H3. The molecule has 2 rings (SSSR count). The van der Waals surface area contributed by atoms with E-state index in [2.05, 4.69) is 4.99 Å². The molecular weight excluding hydrogens is 270 g/mol. The summed E-state index contributed by atoms with van der Waals surface area (Å²) < 4.78 is 10.5. The summed E-state index contributed by atoms with van der Waals surface area (Å²) in [6.45, 7) is 0. The first-order valence-corrected chi connectivity index (χ1v) is 6.00. The maximum Gasteiger partial charge on any atom is 0.235 e. The summed E-state index contributed by atoms with van der Waals surface area (Å²) in [5.41, 5.74) is 0.167. The van der Waals surface area contributed by atoms with Crippen molar-refractivity contribution in [1.82, 2.24) is 0 Å². The molecule has 0 aromatic heterocycles. The number of nitrogens with zero attached hydrogens (tertiary/aromatic N) is 1. The van der Waals surface area contributed by atoms with Gasteiger partial charge in [0, 0.05) is 5.56 Å². The first-order chi connectivity index (χ1) is 9.13. The molecular formula is C13H12ClNO4. The summed E-state index contributed by atoms with van der Waals surface area (Å²) >= 11 is 6.20. The highest BCUT2D eigenvalue weighted by molar-refractivity contribution is 6.32. The molecule has 0 spiro atoms. The van der Waals surface area contributed by atoms with Crippen molar-refractivity contribution in [1.29, 1.82) is 0 Å². The van der Waals surface area contributed by atoms with E-state index < -0.39 is 5.54 Å². The van der Waals surface area contributed by atoms with Crippen LogP contribution in [0.1, 0.15) is 28.8 Å². The Labute approximate surface area is 115 Å². The molecule has 6 heteroatoms. The zero-order chi connectivity index (χ0) is 14.0. The number of hydrogen-bond acceptors (Lipinski definition) is 5. The Morgan fingerprint density at radius 1 is 1.37 bits per heavy atom. The number of ether oxygens (including phenoxy) is 2. The lowest BCUT2D eigenvalue weighted by atomic mass is 10.0. The number of benzene rings is 1. The van der Waals surface area contributed by atoms with Crippen LogP contribution in [0, 0.1) is 0 Å². The van der Waals surface area contributed by atoms with Gasteiger partial charge in [-0.2, -0.15) is 4.99 Å². The van der Waals surface area contributed by atoms with Crippen LogP contribution in [0.3, 0.4) is 0 Å². The number of carbonyl (C=O) groups is 1. The topological polar surface area (TPSA) is 65.0 Å². The van der Waals surface area contributed by atoms with Gasteiger partial charge in [-0.1, -0.05) is 11.6 Å². The van der Waals surface area contributed by atoms with E-state index in [0.29, 0.717) is 46.8 Å². The molecule has 0 aliphatic heterocycles. The van der Waals surface area contributed by atoms with Gasteiger partial charge in [-0.3, -0.25) is 4.79 Å². The minimum Gasteiger partial charge on any atom is -0.492 e. The molecule has 0 atom stereocenters. The molecule has 1 saturated carbocycles. The maximum atomic E-state index is 11.0. The number of carbonyl (C=O) groups excluding carboxylic acids is 2. The second kappa shape index (κ2) is 5.03. The average Bonchev–Trinajstić information content (AvgIpc) is 3.17. The summed E-state index contributed by atoms with van der Waals surface area (Å²) in [7, 11) is 2.89. The molecule has 1 aliphatic carbocycles. The average molecular weight is 282 g/mol. The number of hydrogen-bond donors (Lipinski definition) is 0. The Morgan fingerprint density at radius 3 is 2.42 bits per heavy atom. The molecule has 0 amide bonds. The second-order valence-electron chi connectivity index (χ2n) is 4.24. The monoisotopic (exact) mass is 281 g/mol. The largest absolute Gasteiger partial charge is 0.492 e. The van der Waals surface area contributed by atoms with Gasteiger partial charge in [-0.05, 0) is 18.9 Å². The van der Waals surface area contributed by atoms with Gasteiger partial charge in [0.05, 0.1) is 24.8 Å². The van der Waals surface area contributed by atoms with Crippen LogP contribution in [0.5, 0.6) is 11.5 Å². The molecule has 1 aromatic carbocycles. The van der Waals surface area contributed by atoms with E-state index in [1.165, 1.54) is 20.3 Å². The van der Waals surface area contributed by atoms with Crippen LogP contribution < -0.4 is 9.47 Å². The van der Waals surface area contributed by atoms with Gasteiger partial charge in [-0.15, -0.1) is 0 Å². The highest BCUT2D eigenvalue weighted by atomic mass is 35.5. The van der Waals surface area contributed by atoms with Gasteiger partial charge in [0.1, 0.15) is 5.54 Å². The van der Waals surface area contributed by atoms with Crippen molar-refractivity contribution < 1.29 is 19.1 Å². The Bertz CT molecular complexity index is 574. The van der Waals surface area contributed by atoms with Crippen molar-refractivity contribution >= 4 is 24.0 Å². The summed E-state index contributed by atoms with van der Waals surface area (Å²) in [5, 5.41) is 0.330. The lowest BCUT2D eigenvalue weighted by Crippen LogP contribution is -2.09. The fourth-order valence-corrected chi connectivity index (χ4v) is 2.56. The van der Waals surface area contributed by atoms with Crippen LogP contribution in [0.25, 0.3) is 0 Å². The minimum absolute atomic E-state index is 0.291. The fourth-order valence-electron chi connectivity index (χ4n) is 2.18. The van der Waals surface area contributed by atoms with E-state index in [1.807, 2.05) is 0 Å². The zero-order valence-corrected chi connectivity index (χ0v) is 11.3. The van der Waals surface area contributed by atoms with Crippen LogP contribution in [0.2, 0.25) is 5.02 Å². The van der Waals surface area contributed by atoms with Gasteiger partial charge < -0.3 is 9.47 Å². The Balaban J connectivity index is 2.74. The molecule has 5 nitrogen and oxygen atoms in total. The van der Waals surface area contributed by atoms with Gasteiger partial charge >= 0.3 is 0 Å². The Morgan fingerprint density at radius 2 is 2.00 bits per heavy atom. The smallest absolute Gasteiger partial charge is 0.235 e. The predicted molar refractivity (Wildman–Crippen MR) is 69.0 cm³/mol. The predicted octanol–water partition coefficient (Wildman–Crippen LogP) is 2.49. The van der Waals surface area contributed by atoms with Crippen molar-refractivity contribution in [2.45, 2.75) is 18.4 Å². The number of aliphatic imine (C=N–C) groups is 1. The minimum atomic E-state index is -0.696. The quantitative estimate of drug-likeness (QED) is 0.472. The van der Waals surface area contributed by atoms with Gasteiger partial charge in [-0.25, -0.2) is 4.79 Å². The molecule has 0 heterocycles. The van der Waals surface area contributed by atoms with Crippen molar-refractivity contribution in [2.24, 2.45) is 4.99 Å². The van der Waals surface area contributed by atoms with E-state index in [0.717, 1.165) is 0 Å². The highest BCUT2D eigenvalue weighted by Gasteiger charge is 2.49. The normalized spacial score (nSPS) is 15.3. The molecule has 1 aliphatic rings. The van der Waals surface area contributed by atoms with Crippen LogP contribution in [-0.2, 0) is 10.3 Å². The summed E-state index contributed by atoms with van der Waals surface area (Å²) in [4.78, 5) is 25.4. The van der Waals surface area contributed by atoms with E-state index in [9.17, 15) is 9.59 Å². The number of isocyanates is 1. The van der Waals surface area contributed by atoms with Gasteiger partial charge in [0.2, 0.25) is 6.08 Å². The third-order valence-corrected chi connectivity index (χ3v) is 3.50. The SMILES string of the molecule is COc1c(C=O)cc(Cl)c(C2(N=C=O)CC2)c1OC. The number of halogens is 1. The summed E-state index contributed by atoms with van der Waals surface area (Å²) in [5.74, 6) is 0.637. The second-order valence-corrected chi connectivity index (χ2v) is 4.65. The first-order valence-electron chi connectivity index (χ1n) is 5.62. The fraction of sp³-hybridized carbons (Fsp3) is 0.385. The maximum absolute atomic E-state index is 11.0. The third-order valence-electron chi connectivity index (χ3n) is 3.20.